The minimum atomic E-state index is -1.41. The largest absolute Gasteiger partial charge is 0.479 e. The number of hydrogen-bond donors (Lipinski definition) is 3. The number of ether oxygens (including phenoxy) is 3. The van der Waals surface area contributed by atoms with Gasteiger partial charge in [-0.1, -0.05) is 48.5 Å². The molecule has 10 nitrogen and oxygen atoms in total. The topological polar surface area (TPSA) is 132 Å². The van der Waals surface area contributed by atoms with Crippen LogP contribution in [0.5, 0.6) is 0 Å². The van der Waals surface area contributed by atoms with Gasteiger partial charge in [0.15, 0.2) is 0 Å². The fourth-order valence-corrected chi connectivity index (χ4v) is 3.80. The molecule has 3 rings (SSSR count). The Bertz CT molecular complexity index is 982. The predicted molar refractivity (Wildman–Crippen MR) is 121 cm³/mol. The van der Waals surface area contributed by atoms with E-state index in [1.807, 2.05) is 54.0 Å². The van der Waals surface area contributed by atoms with Gasteiger partial charge in [0, 0.05) is 20.1 Å². The third-order valence-corrected chi connectivity index (χ3v) is 5.64. The molecule has 0 radical (unpaired) electrons. The predicted octanol–water partition coefficient (Wildman–Crippen LogP) is 2.08. The number of hydroxylamine groups is 1. The van der Waals surface area contributed by atoms with Crippen molar-refractivity contribution in [2.75, 3.05) is 27.4 Å². The summed E-state index contributed by atoms with van der Waals surface area (Å²) in [6, 6.07) is 14.7. The molecule has 0 bridgehead atoms. The Hall–Kier alpha value is -3.47. The molecule has 2 aromatic rings. The first kappa shape index (κ1) is 25.2. The minimum Gasteiger partial charge on any atom is -0.479 e. The van der Waals surface area contributed by atoms with Crippen LogP contribution in [0.4, 0.5) is 4.79 Å². The summed E-state index contributed by atoms with van der Waals surface area (Å²) >= 11 is 0. The Balaban J connectivity index is 1.63. The molecule has 1 aliphatic rings. The summed E-state index contributed by atoms with van der Waals surface area (Å²) in [7, 11) is 2.67. The Morgan fingerprint density at radius 2 is 1.59 bits per heavy atom. The Morgan fingerprint density at radius 3 is 2.12 bits per heavy atom. The van der Waals surface area contributed by atoms with Gasteiger partial charge in [-0.05, 0) is 29.2 Å². The van der Waals surface area contributed by atoms with Crippen LogP contribution in [0.25, 0.3) is 11.1 Å². The smallest absolute Gasteiger partial charge is 0.407 e. The van der Waals surface area contributed by atoms with Crippen molar-refractivity contribution < 1.29 is 38.5 Å². The average Bonchev–Trinajstić information content (AvgIpc) is 3.16. The number of alkyl carbamates (subject to hydrolysis) is 1. The van der Waals surface area contributed by atoms with Crippen molar-refractivity contribution in [2.45, 2.75) is 31.1 Å². The summed E-state index contributed by atoms with van der Waals surface area (Å²) in [4.78, 5) is 41.2. The molecule has 2 aromatic carbocycles. The van der Waals surface area contributed by atoms with Crippen molar-refractivity contribution in [3.63, 3.8) is 0 Å². The van der Waals surface area contributed by atoms with Crippen molar-refractivity contribution in [3.8, 4) is 11.1 Å². The van der Waals surface area contributed by atoms with Crippen LogP contribution >= 0.6 is 0 Å². The molecule has 1 unspecified atom stereocenters. The van der Waals surface area contributed by atoms with Crippen LogP contribution in [0.1, 0.15) is 24.0 Å². The van der Waals surface area contributed by atoms with Gasteiger partial charge in [-0.3, -0.25) is 9.63 Å². The quantitative estimate of drug-likeness (QED) is 0.424. The van der Waals surface area contributed by atoms with Crippen LogP contribution < -0.4 is 10.8 Å². The molecular formula is C24H28N2O8. The summed E-state index contributed by atoms with van der Waals surface area (Å²) in [6.07, 6.45) is -2.99. The second-order valence-corrected chi connectivity index (χ2v) is 7.75. The highest BCUT2D eigenvalue weighted by molar-refractivity contribution is 5.86. The van der Waals surface area contributed by atoms with E-state index in [9.17, 15) is 14.4 Å². The number of rotatable bonds is 11. The molecule has 0 saturated carbocycles. The molecule has 3 atom stereocenters. The summed E-state index contributed by atoms with van der Waals surface area (Å²) < 4.78 is 15.4. The summed E-state index contributed by atoms with van der Waals surface area (Å²) in [5.41, 5.74) is 6.35. The van der Waals surface area contributed by atoms with E-state index in [-0.39, 0.29) is 19.1 Å². The monoisotopic (exact) mass is 472 g/mol. The van der Waals surface area contributed by atoms with E-state index < -0.39 is 36.2 Å². The van der Waals surface area contributed by atoms with Crippen LogP contribution in [0.15, 0.2) is 48.5 Å². The van der Waals surface area contributed by atoms with Crippen molar-refractivity contribution in [1.29, 1.82) is 0 Å². The van der Waals surface area contributed by atoms with Gasteiger partial charge in [0.25, 0.3) is 5.91 Å². The van der Waals surface area contributed by atoms with Gasteiger partial charge in [0.05, 0.1) is 12.7 Å². The highest BCUT2D eigenvalue weighted by Gasteiger charge is 2.32. The second-order valence-electron chi connectivity index (χ2n) is 7.75. The highest BCUT2D eigenvalue weighted by atomic mass is 16.7. The number of methoxy groups -OCH3 is 2. The second kappa shape index (κ2) is 11.6. The fraction of sp³-hybridized carbons (Fsp3) is 0.375. The fourth-order valence-electron chi connectivity index (χ4n) is 3.80. The SMILES string of the molecule is COCC(ONC(=O)[C@@H](NC(=O)OCC1c2ccccc2-c2ccccc21)[C@@H](C)OC)C(=O)O. The van der Waals surface area contributed by atoms with Gasteiger partial charge in [-0.2, -0.15) is 0 Å². The van der Waals surface area contributed by atoms with Gasteiger partial charge < -0.3 is 24.6 Å². The molecule has 0 heterocycles. The molecule has 10 heteroatoms. The van der Waals surface area contributed by atoms with Crippen LogP contribution in [-0.4, -0.2) is 68.8 Å². The lowest BCUT2D eigenvalue weighted by Gasteiger charge is -2.24. The average molecular weight is 472 g/mol. The summed E-state index contributed by atoms with van der Waals surface area (Å²) in [5.74, 6) is -2.26. The number of aliphatic carboxylic acids is 1. The molecule has 2 amide bonds. The molecule has 182 valence electrons. The molecule has 0 saturated heterocycles. The Labute approximate surface area is 197 Å². The number of carbonyl (C=O) groups excluding carboxylic acids is 2. The van der Waals surface area contributed by atoms with E-state index in [0.29, 0.717) is 0 Å². The van der Waals surface area contributed by atoms with Crippen molar-refractivity contribution in [3.05, 3.63) is 59.7 Å². The number of fused-ring (bicyclic) bond motifs is 3. The van der Waals surface area contributed by atoms with E-state index in [2.05, 4.69) is 5.32 Å². The molecular weight excluding hydrogens is 444 g/mol. The van der Waals surface area contributed by atoms with Crippen LogP contribution in [0, 0.1) is 0 Å². The standard InChI is InChI=1S/C24H28N2O8/c1-14(32-3)21(22(27)26-34-20(13-31-2)23(28)29)25-24(30)33-12-19-17-10-6-4-8-15(17)16-9-5-7-11-18(16)19/h4-11,14,19-21H,12-13H2,1-3H3,(H,25,30)(H,26,27)(H,28,29)/t14-,20?,21+/m1/s1. The normalized spacial score (nSPS) is 14.9. The maximum Gasteiger partial charge on any atom is 0.407 e. The van der Waals surface area contributed by atoms with Gasteiger partial charge >= 0.3 is 12.1 Å². The van der Waals surface area contributed by atoms with Gasteiger partial charge in [-0.25, -0.2) is 15.1 Å². The summed E-state index contributed by atoms with van der Waals surface area (Å²) in [5, 5.41) is 11.6. The molecule has 3 N–H and O–H groups in total. The number of hydrogen-bond acceptors (Lipinski definition) is 7. The maximum atomic E-state index is 12.6. The van der Waals surface area contributed by atoms with E-state index in [4.69, 9.17) is 24.2 Å². The number of carboxylic acid groups (broad SMARTS) is 1. The number of carboxylic acids is 1. The van der Waals surface area contributed by atoms with Crippen molar-refractivity contribution in [1.82, 2.24) is 10.8 Å². The Morgan fingerprint density at radius 1 is 1.00 bits per heavy atom. The number of carbonyl (C=O) groups is 3. The first-order chi connectivity index (χ1) is 16.4. The van der Waals surface area contributed by atoms with Gasteiger partial charge in [0.2, 0.25) is 6.10 Å². The van der Waals surface area contributed by atoms with Crippen molar-refractivity contribution in [2.24, 2.45) is 0 Å². The van der Waals surface area contributed by atoms with E-state index in [1.165, 1.54) is 14.2 Å². The van der Waals surface area contributed by atoms with Crippen LogP contribution in [0.2, 0.25) is 0 Å². The van der Waals surface area contributed by atoms with Gasteiger partial charge in [0.1, 0.15) is 12.6 Å². The molecule has 0 aliphatic heterocycles. The number of nitrogens with one attached hydrogen (secondary N) is 2. The lowest BCUT2D eigenvalue weighted by molar-refractivity contribution is -0.166. The Kier molecular flexibility index (Phi) is 8.58. The van der Waals surface area contributed by atoms with E-state index in [1.54, 1.807) is 6.92 Å². The zero-order valence-corrected chi connectivity index (χ0v) is 19.1. The third-order valence-electron chi connectivity index (χ3n) is 5.64. The highest BCUT2D eigenvalue weighted by Crippen LogP contribution is 2.44. The zero-order valence-electron chi connectivity index (χ0n) is 19.1. The first-order valence-corrected chi connectivity index (χ1v) is 10.7. The van der Waals surface area contributed by atoms with E-state index >= 15 is 0 Å². The number of amides is 2. The van der Waals surface area contributed by atoms with E-state index in [0.717, 1.165) is 22.3 Å². The lowest BCUT2D eigenvalue weighted by Crippen LogP contribution is -2.54. The molecule has 0 aromatic heterocycles. The summed E-state index contributed by atoms with van der Waals surface area (Å²) in [6.45, 7) is 1.36. The minimum absolute atomic E-state index is 0.0704. The molecule has 34 heavy (non-hydrogen) atoms. The first-order valence-electron chi connectivity index (χ1n) is 10.7. The number of benzene rings is 2. The molecule has 0 fully saturated rings. The zero-order chi connectivity index (χ0) is 24.7. The molecule has 1 aliphatic carbocycles. The van der Waals surface area contributed by atoms with Gasteiger partial charge in [-0.15, -0.1) is 0 Å². The van der Waals surface area contributed by atoms with Crippen LogP contribution in [-0.2, 0) is 28.6 Å². The lowest BCUT2D eigenvalue weighted by atomic mass is 9.98. The maximum absolute atomic E-state index is 12.6. The van der Waals surface area contributed by atoms with Crippen molar-refractivity contribution >= 4 is 18.0 Å². The molecule has 0 spiro atoms. The third kappa shape index (κ3) is 5.71. The van der Waals surface area contributed by atoms with Crippen LogP contribution in [0.3, 0.4) is 0 Å².